The molecule has 0 aliphatic carbocycles. The zero-order chi connectivity index (χ0) is 15.0. The molecule has 1 amide bonds. The molecule has 0 saturated carbocycles. The topological polar surface area (TPSA) is 75.3 Å². The normalized spacial score (nSPS) is 13.7. The third-order valence-electron chi connectivity index (χ3n) is 3.11. The largest absolute Gasteiger partial charge is 0.326 e. The maximum atomic E-state index is 12.8. The van der Waals surface area contributed by atoms with Crippen LogP contribution in [-0.4, -0.2) is 14.3 Å². The van der Waals surface area contributed by atoms with Crippen molar-refractivity contribution in [3.05, 3.63) is 53.8 Å². The molecule has 7 heteroatoms. The van der Waals surface area contributed by atoms with Gasteiger partial charge in [0.05, 0.1) is 11.3 Å². The fraction of sp³-hybridized carbons (Fsp3) is 0.0714. The summed E-state index contributed by atoms with van der Waals surface area (Å²) in [4.78, 5) is 11.2. The van der Waals surface area contributed by atoms with Crippen molar-refractivity contribution in [1.82, 2.24) is 0 Å². The van der Waals surface area contributed by atoms with Gasteiger partial charge in [0.15, 0.2) is 0 Å². The highest BCUT2D eigenvalue weighted by Gasteiger charge is 2.19. The number of fused-ring (bicyclic) bond motifs is 1. The van der Waals surface area contributed by atoms with Gasteiger partial charge in [-0.1, -0.05) is 0 Å². The lowest BCUT2D eigenvalue weighted by molar-refractivity contribution is -0.115. The molecule has 2 N–H and O–H groups in total. The van der Waals surface area contributed by atoms with Crippen LogP contribution in [0.4, 0.5) is 15.8 Å². The molecule has 2 aromatic rings. The number of rotatable bonds is 3. The van der Waals surface area contributed by atoms with Crippen molar-refractivity contribution in [3.63, 3.8) is 0 Å². The van der Waals surface area contributed by atoms with E-state index in [1.165, 1.54) is 12.1 Å². The van der Waals surface area contributed by atoms with Gasteiger partial charge in [-0.3, -0.25) is 9.52 Å². The van der Waals surface area contributed by atoms with Gasteiger partial charge in [0, 0.05) is 11.4 Å². The van der Waals surface area contributed by atoms with Crippen molar-refractivity contribution in [2.45, 2.75) is 11.3 Å². The molecule has 3 rings (SSSR count). The Morgan fingerprint density at radius 1 is 1.10 bits per heavy atom. The van der Waals surface area contributed by atoms with E-state index < -0.39 is 15.8 Å². The third kappa shape index (κ3) is 2.73. The summed E-state index contributed by atoms with van der Waals surface area (Å²) < 4.78 is 39.6. The van der Waals surface area contributed by atoms with E-state index in [4.69, 9.17) is 0 Å². The molecule has 0 radical (unpaired) electrons. The molecule has 0 aromatic heterocycles. The second-order valence-corrected chi connectivity index (χ2v) is 6.34. The van der Waals surface area contributed by atoms with E-state index >= 15 is 0 Å². The summed E-state index contributed by atoms with van der Waals surface area (Å²) in [5.41, 5.74) is 1.78. The standard InChI is InChI=1S/C14H11FN2O3S/c15-10-1-4-12(5-2-10)21(19,20)17-11-3-6-13-9(7-11)8-14(18)16-13/h1-7,17H,8H2,(H,16,18). The molecular formula is C14H11FN2O3S. The summed E-state index contributed by atoms with van der Waals surface area (Å²) in [6, 6.07) is 9.36. The molecule has 0 bridgehead atoms. The summed E-state index contributed by atoms with van der Waals surface area (Å²) in [6.45, 7) is 0. The van der Waals surface area contributed by atoms with Crippen LogP contribution in [0.1, 0.15) is 5.56 Å². The molecule has 1 aliphatic heterocycles. The van der Waals surface area contributed by atoms with E-state index in [1.54, 1.807) is 18.2 Å². The molecule has 108 valence electrons. The first-order valence-electron chi connectivity index (χ1n) is 6.15. The van der Waals surface area contributed by atoms with Crippen LogP contribution in [0.5, 0.6) is 0 Å². The Kier molecular flexibility index (Phi) is 3.13. The van der Waals surface area contributed by atoms with Crippen molar-refractivity contribution >= 4 is 27.3 Å². The number of nitrogens with one attached hydrogen (secondary N) is 2. The Morgan fingerprint density at radius 2 is 1.81 bits per heavy atom. The maximum Gasteiger partial charge on any atom is 0.261 e. The molecule has 0 fully saturated rings. The predicted molar refractivity (Wildman–Crippen MR) is 76.0 cm³/mol. The number of hydrogen-bond acceptors (Lipinski definition) is 3. The lowest BCUT2D eigenvalue weighted by Crippen LogP contribution is -2.13. The number of amides is 1. The van der Waals surface area contributed by atoms with E-state index in [9.17, 15) is 17.6 Å². The minimum Gasteiger partial charge on any atom is -0.326 e. The molecule has 0 unspecified atom stereocenters. The molecule has 0 atom stereocenters. The predicted octanol–water partition coefficient (Wildman–Crippen LogP) is 2.12. The maximum absolute atomic E-state index is 12.8. The van der Waals surface area contributed by atoms with Gasteiger partial charge in [-0.05, 0) is 48.0 Å². The van der Waals surface area contributed by atoms with Crippen molar-refractivity contribution in [3.8, 4) is 0 Å². The van der Waals surface area contributed by atoms with Gasteiger partial charge in [0.1, 0.15) is 5.82 Å². The lowest BCUT2D eigenvalue weighted by Gasteiger charge is -2.09. The van der Waals surface area contributed by atoms with Gasteiger partial charge in [-0.2, -0.15) is 0 Å². The molecule has 21 heavy (non-hydrogen) atoms. The van der Waals surface area contributed by atoms with Gasteiger partial charge < -0.3 is 5.32 Å². The zero-order valence-corrected chi connectivity index (χ0v) is 11.6. The Balaban J connectivity index is 1.88. The van der Waals surface area contributed by atoms with Gasteiger partial charge in [-0.15, -0.1) is 0 Å². The molecule has 0 spiro atoms. The summed E-state index contributed by atoms with van der Waals surface area (Å²) in [5, 5.41) is 2.67. The Morgan fingerprint density at radius 3 is 2.52 bits per heavy atom. The molecule has 1 aliphatic rings. The zero-order valence-electron chi connectivity index (χ0n) is 10.8. The van der Waals surface area contributed by atoms with Crippen LogP contribution >= 0.6 is 0 Å². The van der Waals surface area contributed by atoms with Crippen molar-refractivity contribution in [2.24, 2.45) is 0 Å². The van der Waals surface area contributed by atoms with Crippen molar-refractivity contribution < 1.29 is 17.6 Å². The van der Waals surface area contributed by atoms with Crippen LogP contribution in [-0.2, 0) is 21.2 Å². The van der Waals surface area contributed by atoms with Crippen LogP contribution in [0.15, 0.2) is 47.4 Å². The number of anilines is 2. The van der Waals surface area contributed by atoms with Crippen LogP contribution in [0.2, 0.25) is 0 Å². The third-order valence-corrected chi connectivity index (χ3v) is 4.50. The molecule has 1 heterocycles. The Bertz CT molecular complexity index is 817. The Hall–Kier alpha value is -2.41. The van der Waals surface area contributed by atoms with Crippen LogP contribution in [0.25, 0.3) is 0 Å². The van der Waals surface area contributed by atoms with E-state index in [1.807, 2.05) is 0 Å². The fourth-order valence-electron chi connectivity index (χ4n) is 2.12. The first kappa shape index (κ1) is 13.6. The minimum atomic E-state index is -3.78. The van der Waals surface area contributed by atoms with Gasteiger partial charge in [0.25, 0.3) is 10.0 Å². The average Bonchev–Trinajstić information content (AvgIpc) is 2.78. The van der Waals surface area contributed by atoms with Crippen molar-refractivity contribution in [1.29, 1.82) is 0 Å². The van der Waals surface area contributed by atoms with Gasteiger partial charge >= 0.3 is 0 Å². The summed E-state index contributed by atoms with van der Waals surface area (Å²) in [7, 11) is -3.78. The number of benzene rings is 2. The summed E-state index contributed by atoms with van der Waals surface area (Å²) in [5.74, 6) is -0.625. The van der Waals surface area contributed by atoms with E-state index in [0.29, 0.717) is 11.4 Å². The van der Waals surface area contributed by atoms with Gasteiger partial charge in [-0.25, -0.2) is 12.8 Å². The highest BCUT2D eigenvalue weighted by atomic mass is 32.2. The lowest BCUT2D eigenvalue weighted by atomic mass is 10.1. The SMILES string of the molecule is O=C1Cc2cc(NS(=O)(=O)c3ccc(F)cc3)ccc2N1. The highest BCUT2D eigenvalue weighted by molar-refractivity contribution is 7.92. The van der Waals surface area contributed by atoms with Gasteiger partial charge in [0.2, 0.25) is 5.91 Å². The average molecular weight is 306 g/mol. The monoisotopic (exact) mass is 306 g/mol. The first-order valence-corrected chi connectivity index (χ1v) is 7.63. The first-order chi connectivity index (χ1) is 9.94. The van der Waals surface area contributed by atoms with Crippen LogP contribution < -0.4 is 10.0 Å². The Labute approximate surface area is 120 Å². The quantitative estimate of drug-likeness (QED) is 0.912. The molecule has 5 nitrogen and oxygen atoms in total. The van der Waals surface area contributed by atoms with E-state index in [0.717, 1.165) is 17.7 Å². The minimum absolute atomic E-state index is 0.0291. The highest BCUT2D eigenvalue weighted by Crippen LogP contribution is 2.27. The van der Waals surface area contributed by atoms with Crippen molar-refractivity contribution in [2.75, 3.05) is 10.0 Å². The number of carbonyl (C=O) groups excluding carboxylic acids is 1. The fourth-order valence-corrected chi connectivity index (χ4v) is 3.17. The van der Waals surface area contributed by atoms with E-state index in [2.05, 4.69) is 10.0 Å². The summed E-state index contributed by atoms with van der Waals surface area (Å²) in [6.07, 6.45) is 0.224. The summed E-state index contributed by atoms with van der Waals surface area (Å²) >= 11 is 0. The molecule has 2 aromatic carbocycles. The van der Waals surface area contributed by atoms with E-state index in [-0.39, 0.29) is 17.2 Å². The smallest absolute Gasteiger partial charge is 0.261 e. The molecular weight excluding hydrogens is 295 g/mol. The van der Waals surface area contributed by atoms with Crippen LogP contribution in [0.3, 0.4) is 0 Å². The number of sulfonamides is 1. The van der Waals surface area contributed by atoms with Crippen LogP contribution in [0, 0.1) is 5.82 Å². The second-order valence-electron chi connectivity index (χ2n) is 4.66. The molecule has 0 saturated heterocycles. The number of carbonyl (C=O) groups is 1. The number of hydrogen-bond donors (Lipinski definition) is 2. The second kappa shape index (κ2) is 4.85. The number of halogens is 1.